The number of hydrogen-bond donors (Lipinski definition) is 1. The number of amides is 1. The highest BCUT2D eigenvalue weighted by atomic mass is 16.5. The molecule has 4 heteroatoms. The fraction of sp³-hybridized carbons (Fsp3) is 0.294. The highest BCUT2D eigenvalue weighted by molar-refractivity contribution is 5.92. The van der Waals surface area contributed by atoms with Crippen molar-refractivity contribution < 1.29 is 9.53 Å². The molecule has 110 valence electrons. The standard InChI is InChI=1S/C17H20N2O2/c1-13(2)11-12-18-17(20)15-9-6-10-16(19-15)21-14-7-4-3-5-8-14/h3-10,13H,11-12H2,1-2H3,(H,18,20). The molecule has 0 aliphatic rings. The second-order valence-electron chi connectivity index (χ2n) is 5.21. The Morgan fingerprint density at radius 2 is 1.90 bits per heavy atom. The molecule has 1 heterocycles. The van der Waals surface area contributed by atoms with E-state index >= 15 is 0 Å². The van der Waals surface area contributed by atoms with Gasteiger partial charge in [-0.05, 0) is 30.5 Å². The van der Waals surface area contributed by atoms with E-state index in [0.29, 0.717) is 29.8 Å². The van der Waals surface area contributed by atoms with Crippen molar-refractivity contribution in [2.45, 2.75) is 20.3 Å². The number of pyridine rings is 1. The largest absolute Gasteiger partial charge is 0.439 e. The maximum absolute atomic E-state index is 12.0. The lowest BCUT2D eigenvalue weighted by atomic mass is 10.1. The molecule has 1 aromatic carbocycles. The van der Waals surface area contributed by atoms with Gasteiger partial charge in [-0.25, -0.2) is 4.98 Å². The van der Waals surface area contributed by atoms with Crippen molar-refractivity contribution in [1.82, 2.24) is 10.3 Å². The predicted octanol–water partition coefficient (Wildman–Crippen LogP) is 3.65. The lowest BCUT2D eigenvalue weighted by molar-refractivity contribution is 0.0946. The molecule has 21 heavy (non-hydrogen) atoms. The zero-order valence-corrected chi connectivity index (χ0v) is 12.4. The Bertz CT molecular complexity index is 582. The van der Waals surface area contributed by atoms with E-state index in [9.17, 15) is 4.79 Å². The summed E-state index contributed by atoms with van der Waals surface area (Å²) in [5.41, 5.74) is 0.368. The number of carbonyl (C=O) groups is 1. The van der Waals surface area contributed by atoms with Crippen LogP contribution in [0.25, 0.3) is 0 Å². The average molecular weight is 284 g/mol. The van der Waals surface area contributed by atoms with Gasteiger partial charge in [0, 0.05) is 12.6 Å². The molecule has 1 aromatic heterocycles. The van der Waals surface area contributed by atoms with Crippen LogP contribution >= 0.6 is 0 Å². The van der Waals surface area contributed by atoms with Crippen molar-refractivity contribution >= 4 is 5.91 Å². The summed E-state index contributed by atoms with van der Waals surface area (Å²) in [6.07, 6.45) is 0.950. The van der Waals surface area contributed by atoms with E-state index in [2.05, 4.69) is 24.1 Å². The number of carbonyl (C=O) groups excluding carboxylic acids is 1. The number of para-hydroxylation sites is 1. The van der Waals surface area contributed by atoms with Crippen LogP contribution in [0.3, 0.4) is 0 Å². The third-order valence-electron chi connectivity index (χ3n) is 2.93. The minimum absolute atomic E-state index is 0.172. The van der Waals surface area contributed by atoms with E-state index in [1.807, 2.05) is 30.3 Å². The van der Waals surface area contributed by atoms with Gasteiger partial charge in [-0.15, -0.1) is 0 Å². The van der Waals surface area contributed by atoms with E-state index in [0.717, 1.165) is 6.42 Å². The van der Waals surface area contributed by atoms with Gasteiger partial charge in [0.1, 0.15) is 11.4 Å². The summed E-state index contributed by atoms with van der Waals surface area (Å²) in [5, 5.41) is 2.86. The van der Waals surface area contributed by atoms with Crippen molar-refractivity contribution in [1.29, 1.82) is 0 Å². The first-order valence-electron chi connectivity index (χ1n) is 7.13. The summed E-state index contributed by atoms with van der Waals surface area (Å²) in [6.45, 7) is 4.90. The molecule has 0 fully saturated rings. The maximum atomic E-state index is 12.0. The number of ether oxygens (including phenoxy) is 1. The van der Waals surface area contributed by atoms with Gasteiger partial charge in [-0.3, -0.25) is 4.79 Å². The van der Waals surface area contributed by atoms with Crippen molar-refractivity contribution in [3.63, 3.8) is 0 Å². The molecule has 0 saturated carbocycles. The van der Waals surface area contributed by atoms with Gasteiger partial charge in [0.2, 0.25) is 5.88 Å². The Hall–Kier alpha value is -2.36. The third-order valence-corrected chi connectivity index (χ3v) is 2.93. The van der Waals surface area contributed by atoms with Crippen LogP contribution in [0.1, 0.15) is 30.8 Å². The smallest absolute Gasteiger partial charge is 0.270 e. The molecular weight excluding hydrogens is 264 g/mol. The quantitative estimate of drug-likeness (QED) is 0.881. The molecule has 0 aliphatic carbocycles. The van der Waals surface area contributed by atoms with Crippen molar-refractivity contribution in [3.05, 3.63) is 54.2 Å². The highest BCUT2D eigenvalue weighted by Gasteiger charge is 2.08. The zero-order chi connectivity index (χ0) is 15.1. The van der Waals surface area contributed by atoms with Crippen LogP contribution in [0, 0.1) is 5.92 Å². The van der Waals surface area contributed by atoms with Crippen LogP contribution in [-0.2, 0) is 0 Å². The fourth-order valence-electron chi connectivity index (χ4n) is 1.77. The van der Waals surface area contributed by atoms with Gasteiger partial charge in [-0.2, -0.15) is 0 Å². The highest BCUT2D eigenvalue weighted by Crippen LogP contribution is 2.18. The molecule has 0 spiro atoms. The van der Waals surface area contributed by atoms with E-state index in [1.54, 1.807) is 18.2 Å². The Kier molecular flexibility index (Phi) is 5.32. The maximum Gasteiger partial charge on any atom is 0.270 e. The SMILES string of the molecule is CC(C)CCNC(=O)c1cccc(Oc2ccccc2)n1. The molecule has 2 rings (SSSR count). The number of rotatable bonds is 6. The second-order valence-corrected chi connectivity index (χ2v) is 5.21. The lowest BCUT2D eigenvalue weighted by Crippen LogP contribution is -2.26. The average Bonchev–Trinajstić information content (AvgIpc) is 2.48. The number of benzene rings is 1. The monoisotopic (exact) mass is 284 g/mol. The van der Waals surface area contributed by atoms with Crippen LogP contribution in [0.4, 0.5) is 0 Å². The van der Waals surface area contributed by atoms with Gasteiger partial charge in [-0.1, -0.05) is 38.1 Å². The predicted molar refractivity (Wildman–Crippen MR) is 82.5 cm³/mol. The summed E-state index contributed by atoms with van der Waals surface area (Å²) in [4.78, 5) is 16.2. The summed E-state index contributed by atoms with van der Waals surface area (Å²) in [5.74, 6) is 1.50. The van der Waals surface area contributed by atoms with Crippen LogP contribution in [0.2, 0.25) is 0 Å². The zero-order valence-electron chi connectivity index (χ0n) is 12.4. The first-order valence-corrected chi connectivity index (χ1v) is 7.13. The first kappa shape index (κ1) is 15.0. The van der Waals surface area contributed by atoms with E-state index < -0.39 is 0 Å². The van der Waals surface area contributed by atoms with Crippen molar-refractivity contribution in [2.24, 2.45) is 5.92 Å². The summed E-state index contributed by atoms with van der Waals surface area (Å²) >= 11 is 0. The third kappa shape index (κ3) is 4.91. The number of nitrogens with one attached hydrogen (secondary N) is 1. The Morgan fingerprint density at radius 1 is 1.14 bits per heavy atom. The van der Waals surface area contributed by atoms with Gasteiger partial charge in [0.05, 0.1) is 0 Å². The molecule has 0 atom stereocenters. The van der Waals surface area contributed by atoms with Gasteiger partial charge in [0.15, 0.2) is 0 Å². The van der Waals surface area contributed by atoms with Gasteiger partial charge >= 0.3 is 0 Å². The Labute approximate surface area is 125 Å². The minimum atomic E-state index is -0.172. The topological polar surface area (TPSA) is 51.2 Å². The van der Waals surface area contributed by atoms with Crippen molar-refractivity contribution in [2.75, 3.05) is 6.54 Å². The molecule has 0 radical (unpaired) electrons. The molecule has 0 aliphatic heterocycles. The van der Waals surface area contributed by atoms with Gasteiger partial charge in [0.25, 0.3) is 5.91 Å². The fourth-order valence-corrected chi connectivity index (χ4v) is 1.77. The van der Waals surface area contributed by atoms with Crippen molar-refractivity contribution in [3.8, 4) is 11.6 Å². The summed E-state index contributed by atoms with van der Waals surface area (Å²) in [7, 11) is 0. The lowest BCUT2D eigenvalue weighted by Gasteiger charge is -2.08. The second kappa shape index (κ2) is 7.43. The van der Waals surface area contributed by atoms with E-state index in [1.165, 1.54) is 0 Å². The molecular formula is C17H20N2O2. The van der Waals surface area contributed by atoms with E-state index in [4.69, 9.17) is 4.74 Å². The van der Waals surface area contributed by atoms with Gasteiger partial charge < -0.3 is 10.1 Å². The molecule has 2 aromatic rings. The van der Waals surface area contributed by atoms with Crippen LogP contribution in [0.5, 0.6) is 11.6 Å². The Balaban J connectivity index is 1.98. The molecule has 0 bridgehead atoms. The molecule has 1 N–H and O–H groups in total. The first-order chi connectivity index (χ1) is 10.1. The summed E-state index contributed by atoms with van der Waals surface area (Å²) < 4.78 is 5.62. The van der Waals surface area contributed by atoms with Crippen LogP contribution in [0.15, 0.2) is 48.5 Å². The molecule has 0 unspecified atom stereocenters. The summed E-state index contributed by atoms with van der Waals surface area (Å²) in [6, 6.07) is 14.6. The Morgan fingerprint density at radius 3 is 2.62 bits per heavy atom. The molecule has 1 amide bonds. The normalized spacial score (nSPS) is 10.4. The van der Waals surface area contributed by atoms with Crippen LogP contribution < -0.4 is 10.1 Å². The number of hydrogen-bond acceptors (Lipinski definition) is 3. The molecule has 4 nitrogen and oxygen atoms in total. The molecule has 0 saturated heterocycles. The van der Waals surface area contributed by atoms with Crippen LogP contribution in [-0.4, -0.2) is 17.4 Å². The van der Waals surface area contributed by atoms with E-state index in [-0.39, 0.29) is 5.91 Å². The minimum Gasteiger partial charge on any atom is -0.439 e. The number of nitrogens with zero attached hydrogens (tertiary/aromatic N) is 1. The number of aromatic nitrogens is 1.